The first-order valence-corrected chi connectivity index (χ1v) is 11.5. The van der Waals surface area contributed by atoms with E-state index in [1.807, 2.05) is 0 Å². The highest BCUT2D eigenvalue weighted by molar-refractivity contribution is 8.01. The predicted molar refractivity (Wildman–Crippen MR) is 115 cm³/mol. The number of carbonyl (C=O) groups excluding carboxylic acids is 2. The Labute approximate surface area is 194 Å². The van der Waals surface area contributed by atoms with E-state index in [4.69, 9.17) is 0 Å². The smallest absolute Gasteiger partial charge is 0.307 e. The number of nitrogens with one attached hydrogen (secondary N) is 2. The number of alkyl halides is 3. The molecule has 4 rings (SSSR count). The summed E-state index contributed by atoms with van der Waals surface area (Å²) in [6.07, 6.45) is -0.102. The average Bonchev–Trinajstić information content (AvgIpc) is 3.51. The summed E-state index contributed by atoms with van der Waals surface area (Å²) in [5, 5.41) is 17.0. The van der Waals surface area contributed by atoms with Crippen molar-refractivity contribution in [1.82, 2.24) is 25.2 Å². The van der Waals surface area contributed by atoms with Crippen LogP contribution in [-0.2, 0) is 13.2 Å². The Morgan fingerprint density at radius 2 is 1.97 bits per heavy atom. The fourth-order valence-corrected chi connectivity index (χ4v) is 5.16. The van der Waals surface area contributed by atoms with Gasteiger partial charge in [-0.1, -0.05) is 24.2 Å². The van der Waals surface area contributed by atoms with Crippen LogP contribution in [0.4, 0.5) is 28.8 Å². The zero-order valence-corrected chi connectivity index (χ0v) is 18.9. The molecule has 0 bridgehead atoms. The second-order valence-corrected chi connectivity index (χ2v) is 9.65. The van der Waals surface area contributed by atoms with Crippen molar-refractivity contribution in [1.29, 1.82) is 0 Å². The maximum atomic E-state index is 13.2. The molecule has 1 aliphatic rings. The Kier molecular flexibility index (Phi) is 6.65. The van der Waals surface area contributed by atoms with E-state index in [2.05, 4.69) is 31.1 Å². The molecule has 14 heteroatoms. The quantitative estimate of drug-likeness (QED) is 0.468. The van der Waals surface area contributed by atoms with Crippen molar-refractivity contribution in [2.24, 2.45) is 13.0 Å². The molecule has 0 aliphatic heterocycles. The molecule has 1 fully saturated rings. The molecule has 2 heterocycles. The molecule has 0 saturated heterocycles. The molecular weight excluding hydrogens is 479 g/mol. The molecule has 0 radical (unpaired) electrons. The van der Waals surface area contributed by atoms with Crippen LogP contribution in [0, 0.1) is 5.92 Å². The topological polar surface area (TPSA) is 115 Å². The monoisotopic (exact) mass is 497 g/mol. The van der Waals surface area contributed by atoms with Crippen molar-refractivity contribution >= 4 is 45.7 Å². The molecular formula is C19H18F3N7O2S2. The molecule has 2 amide bonds. The number of Topliss-reactive ketones (excluding diaryl/α,β-unsaturated/α-hetero) is 1. The van der Waals surface area contributed by atoms with Gasteiger partial charge in [0.05, 0.1) is 21.7 Å². The third-order valence-electron chi connectivity index (χ3n) is 5.06. The van der Waals surface area contributed by atoms with E-state index in [1.165, 1.54) is 34.0 Å². The summed E-state index contributed by atoms with van der Waals surface area (Å²) in [6.45, 7) is 0. The number of aryl methyl sites for hydroxylation is 1. The van der Waals surface area contributed by atoms with Gasteiger partial charge in [0.15, 0.2) is 10.9 Å². The van der Waals surface area contributed by atoms with E-state index in [0.717, 1.165) is 35.2 Å². The van der Waals surface area contributed by atoms with Gasteiger partial charge >= 0.3 is 12.2 Å². The SMILES string of the molecule is Cn1nnnc1Sc1cnc(NC(=O)Nc2ccc(C(F)(F)F)cc2C(=O)C2CCCC2)s1. The van der Waals surface area contributed by atoms with Crippen LogP contribution in [0.2, 0.25) is 0 Å². The largest absolute Gasteiger partial charge is 0.416 e. The zero-order chi connectivity index (χ0) is 23.6. The average molecular weight is 498 g/mol. The third-order valence-corrected chi connectivity index (χ3v) is 7.11. The molecule has 174 valence electrons. The summed E-state index contributed by atoms with van der Waals surface area (Å²) >= 11 is 2.43. The first kappa shape index (κ1) is 23.2. The maximum absolute atomic E-state index is 13.2. The number of aromatic nitrogens is 5. The summed E-state index contributed by atoms with van der Waals surface area (Å²) in [5.74, 6) is -0.732. The van der Waals surface area contributed by atoms with Crippen molar-refractivity contribution in [3.8, 4) is 0 Å². The minimum absolute atomic E-state index is 0.0220. The fraction of sp³-hybridized carbons (Fsp3) is 0.368. The van der Waals surface area contributed by atoms with Crippen molar-refractivity contribution in [2.75, 3.05) is 10.6 Å². The van der Waals surface area contributed by atoms with E-state index in [-0.39, 0.29) is 28.1 Å². The normalized spacial score (nSPS) is 14.4. The van der Waals surface area contributed by atoms with Crippen LogP contribution in [0.3, 0.4) is 0 Å². The number of anilines is 2. The molecule has 1 saturated carbocycles. The molecule has 0 spiro atoms. The number of carbonyl (C=O) groups is 2. The number of benzene rings is 1. The van der Waals surface area contributed by atoms with E-state index in [1.54, 1.807) is 7.05 Å². The fourth-order valence-electron chi connectivity index (χ4n) is 3.45. The molecule has 9 nitrogen and oxygen atoms in total. The van der Waals surface area contributed by atoms with Gasteiger partial charge in [-0.25, -0.2) is 14.5 Å². The second-order valence-electron chi connectivity index (χ2n) is 7.35. The number of nitrogens with zero attached hydrogens (tertiary/aromatic N) is 5. The lowest BCUT2D eigenvalue weighted by Gasteiger charge is -2.16. The lowest BCUT2D eigenvalue weighted by molar-refractivity contribution is -0.137. The molecule has 0 atom stereocenters. The number of rotatable bonds is 6. The summed E-state index contributed by atoms with van der Waals surface area (Å²) in [4.78, 5) is 29.5. The Bertz CT molecular complexity index is 1170. The van der Waals surface area contributed by atoms with Crippen LogP contribution in [-0.4, -0.2) is 37.0 Å². The van der Waals surface area contributed by atoms with Gasteiger partial charge in [-0.15, -0.1) is 5.10 Å². The van der Waals surface area contributed by atoms with Crippen LogP contribution in [0.1, 0.15) is 41.6 Å². The number of urea groups is 1. The Morgan fingerprint density at radius 3 is 2.64 bits per heavy atom. The van der Waals surface area contributed by atoms with Crippen LogP contribution in [0.15, 0.2) is 33.8 Å². The van der Waals surface area contributed by atoms with Crippen LogP contribution in [0.25, 0.3) is 0 Å². The summed E-state index contributed by atoms with van der Waals surface area (Å²) in [5.41, 5.74) is -1.06. The Hall–Kier alpha value is -3.00. The molecule has 2 aromatic heterocycles. The zero-order valence-electron chi connectivity index (χ0n) is 17.2. The lowest BCUT2D eigenvalue weighted by Crippen LogP contribution is -2.22. The standard InChI is InChI=1S/C19H18F3N7O2S2/c1-29-18(26-27-28-29)33-14-9-23-17(32-14)25-16(31)24-13-7-6-11(19(20,21)22)8-12(13)15(30)10-4-2-3-5-10/h6-10H,2-5H2,1H3,(H2,23,24,25,31). The van der Waals surface area contributed by atoms with Gasteiger partial charge in [0.2, 0.25) is 5.16 Å². The molecule has 1 aromatic carbocycles. The van der Waals surface area contributed by atoms with E-state index in [9.17, 15) is 22.8 Å². The van der Waals surface area contributed by atoms with Gasteiger partial charge in [-0.2, -0.15) is 13.2 Å². The minimum Gasteiger partial charge on any atom is -0.307 e. The van der Waals surface area contributed by atoms with Crippen molar-refractivity contribution < 1.29 is 22.8 Å². The van der Waals surface area contributed by atoms with Crippen LogP contribution in [0.5, 0.6) is 0 Å². The Balaban J connectivity index is 1.49. The Morgan fingerprint density at radius 1 is 1.21 bits per heavy atom. The van der Waals surface area contributed by atoms with E-state index >= 15 is 0 Å². The molecule has 1 aliphatic carbocycles. The predicted octanol–water partition coefficient (Wildman–Crippen LogP) is 4.85. The molecule has 3 aromatic rings. The highest BCUT2D eigenvalue weighted by Crippen LogP contribution is 2.36. The van der Waals surface area contributed by atoms with Crippen molar-refractivity contribution in [2.45, 2.75) is 41.2 Å². The number of hydrogen-bond donors (Lipinski definition) is 2. The van der Waals surface area contributed by atoms with Gasteiger partial charge in [0.1, 0.15) is 0 Å². The third kappa shape index (κ3) is 5.50. The van der Waals surface area contributed by atoms with Crippen molar-refractivity contribution in [3.05, 3.63) is 35.5 Å². The number of thiazole rings is 1. The second kappa shape index (κ2) is 9.47. The van der Waals surface area contributed by atoms with Crippen molar-refractivity contribution in [3.63, 3.8) is 0 Å². The highest BCUT2D eigenvalue weighted by atomic mass is 32.2. The molecule has 2 N–H and O–H groups in total. The highest BCUT2D eigenvalue weighted by Gasteiger charge is 2.33. The van der Waals surface area contributed by atoms with Gasteiger partial charge in [0.25, 0.3) is 0 Å². The number of hydrogen-bond acceptors (Lipinski definition) is 8. The van der Waals surface area contributed by atoms with E-state index < -0.39 is 17.8 Å². The minimum atomic E-state index is -4.60. The molecule has 33 heavy (non-hydrogen) atoms. The lowest BCUT2D eigenvalue weighted by atomic mass is 9.93. The first-order chi connectivity index (χ1) is 15.7. The van der Waals surface area contributed by atoms with Crippen LogP contribution >= 0.6 is 23.1 Å². The number of halogens is 3. The number of ketones is 1. The van der Waals surface area contributed by atoms with Gasteiger partial charge in [0, 0.05) is 18.5 Å². The van der Waals surface area contributed by atoms with Crippen LogP contribution < -0.4 is 10.6 Å². The summed E-state index contributed by atoms with van der Waals surface area (Å²) in [6, 6.07) is 2.04. The summed E-state index contributed by atoms with van der Waals surface area (Å²) in [7, 11) is 1.69. The number of tetrazole rings is 1. The number of amides is 2. The maximum Gasteiger partial charge on any atom is 0.416 e. The van der Waals surface area contributed by atoms with Gasteiger partial charge in [-0.05, 0) is 53.2 Å². The van der Waals surface area contributed by atoms with Gasteiger partial charge < -0.3 is 5.32 Å². The first-order valence-electron chi connectivity index (χ1n) is 9.90. The summed E-state index contributed by atoms with van der Waals surface area (Å²) < 4.78 is 41.9. The molecule has 0 unspecified atom stereocenters. The van der Waals surface area contributed by atoms with E-state index in [0.29, 0.717) is 18.0 Å². The van der Waals surface area contributed by atoms with Gasteiger partial charge in [-0.3, -0.25) is 10.1 Å².